The van der Waals surface area contributed by atoms with Crippen molar-refractivity contribution in [3.05, 3.63) is 100 Å². The van der Waals surface area contributed by atoms with E-state index in [2.05, 4.69) is 24.3 Å². The molecule has 0 aromatic heterocycles. The van der Waals surface area contributed by atoms with Crippen LogP contribution in [0.5, 0.6) is 0 Å². The van der Waals surface area contributed by atoms with Crippen LogP contribution in [0.3, 0.4) is 0 Å². The Hall–Kier alpha value is -2.29. The zero-order chi connectivity index (χ0) is 17.2. The molecule has 4 rings (SSSR count). The zero-order valence-electron chi connectivity index (χ0n) is 13.4. The maximum atomic E-state index is 6.44. The Kier molecular flexibility index (Phi) is 4.48. The first-order valence-corrected chi connectivity index (χ1v) is 8.90. The molecular weight excluding hydrogens is 351 g/mol. The minimum atomic E-state index is 0.117. The molecule has 25 heavy (non-hydrogen) atoms. The van der Waals surface area contributed by atoms with Gasteiger partial charge in [0.25, 0.3) is 0 Å². The van der Waals surface area contributed by atoms with E-state index in [0.717, 1.165) is 28.4 Å². The van der Waals surface area contributed by atoms with Gasteiger partial charge in [-0.25, -0.2) is 0 Å². The number of rotatable bonds is 3. The largest absolute Gasteiger partial charge is 0.256 e. The molecule has 0 saturated heterocycles. The molecule has 1 atom stereocenters. The first-order valence-electron chi connectivity index (χ1n) is 8.14. The van der Waals surface area contributed by atoms with Crippen molar-refractivity contribution in [1.29, 1.82) is 0 Å². The van der Waals surface area contributed by atoms with Crippen molar-refractivity contribution in [3.63, 3.8) is 0 Å². The molecule has 3 aromatic rings. The SMILES string of the molecule is Clc1ccc(C2=NN(c3ccccc3Cl)[C@@H](c3ccccc3)C2)cc1. The number of nitrogens with zero attached hydrogens (tertiary/aromatic N) is 2. The van der Waals surface area contributed by atoms with Crippen molar-refractivity contribution in [3.8, 4) is 0 Å². The lowest BCUT2D eigenvalue weighted by molar-refractivity contribution is 0.709. The maximum absolute atomic E-state index is 6.44. The Labute approximate surface area is 157 Å². The topological polar surface area (TPSA) is 15.6 Å². The van der Waals surface area contributed by atoms with E-state index in [4.69, 9.17) is 28.3 Å². The van der Waals surface area contributed by atoms with E-state index in [1.807, 2.05) is 59.6 Å². The van der Waals surface area contributed by atoms with Gasteiger partial charge in [-0.2, -0.15) is 5.10 Å². The molecule has 0 radical (unpaired) electrons. The molecule has 2 nitrogen and oxygen atoms in total. The molecule has 0 saturated carbocycles. The van der Waals surface area contributed by atoms with Crippen LogP contribution in [0, 0.1) is 0 Å². The average molecular weight is 367 g/mol. The lowest BCUT2D eigenvalue weighted by atomic mass is 9.98. The second-order valence-electron chi connectivity index (χ2n) is 5.98. The number of halogens is 2. The molecule has 1 heterocycles. The predicted molar refractivity (Wildman–Crippen MR) is 106 cm³/mol. The van der Waals surface area contributed by atoms with Crippen molar-refractivity contribution in [2.75, 3.05) is 5.01 Å². The molecule has 0 unspecified atom stereocenters. The van der Waals surface area contributed by atoms with Crippen molar-refractivity contribution >= 4 is 34.6 Å². The van der Waals surface area contributed by atoms with Crippen LogP contribution in [0.1, 0.15) is 23.6 Å². The fourth-order valence-electron chi connectivity index (χ4n) is 3.12. The number of hydrogen-bond donors (Lipinski definition) is 0. The lowest BCUT2D eigenvalue weighted by Crippen LogP contribution is -2.18. The number of para-hydroxylation sites is 1. The van der Waals surface area contributed by atoms with E-state index in [9.17, 15) is 0 Å². The van der Waals surface area contributed by atoms with Gasteiger partial charge in [0.1, 0.15) is 0 Å². The van der Waals surface area contributed by atoms with E-state index < -0.39 is 0 Å². The first kappa shape index (κ1) is 16.2. The van der Waals surface area contributed by atoms with Gasteiger partial charge in [-0.05, 0) is 35.4 Å². The third-order valence-corrected chi connectivity index (χ3v) is 4.94. The van der Waals surface area contributed by atoms with E-state index in [1.54, 1.807) is 0 Å². The monoisotopic (exact) mass is 366 g/mol. The third-order valence-electron chi connectivity index (χ3n) is 4.37. The third kappa shape index (κ3) is 3.28. The van der Waals surface area contributed by atoms with Crippen LogP contribution in [0.2, 0.25) is 10.0 Å². The highest BCUT2D eigenvalue weighted by atomic mass is 35.5. The predicted octanol–water partition coefficient (Wildman–Crippen LogP) is 6.35. The smallest absolute Gasteiger partial charge is 0.0832 e. The van der Waals surface area contributed by atoms with Gasteiger partial charge >= 0.3 is 0 Å². The van der Waals surface area contributed by atoms with Gasteiger partial charge in [0.05, 0.1) is 22.5 Å². The Morgan fingerprint density at radius 1 is 0.800 bits per heavy atom. The van der Waals surface area contributed by atoms with E-state index >= 15 is 0 Å². The average Bonchev–Trinajstić information content (AvgIpc) is 3.08. The highest BCUT2D eigenvalue weighted by molar-refractivity contribution is 6.33. The number of hydrazone groups is 1. The molecule has 1 aliphatic rings. The van der Waals surface area contributed by atoms with Crippen molar-refractivity contribution in [2.24, 2.45) is 5.10 Å². The molecule has 4 heteroatoms. The van der Waals surface area contributed by atoms with Gasteiger partial charge < -0.3 is 0 Å². The highest BCUT2D eigenvalue weighted by Gasteiger charge is 2.30. The number of anilines is 1. The minimum absolute atomic E-state index is 0.117. The van der Waals surface area contributed by atoms with Gasteiger partial charge in [0.15, 0.2) is 0 Å². The van der Waals surface area contributed by atoms with E-state index in [-0.39, 0.29) is 6.04 Å². The van der Waals surface area contributed by atoms with Crippen LogP contribution >= 0.6 is 23.2 Å². The van der Waals surface area contributed by atoms with Crippen molar-refractivity contribution in [2.45, 2.75) is 12.5 Å². The summed E-state index contributed by atoms with van der Waals surface area (Å²) >= 11 is 12.5. The minimum Gasteiger partial charge on any atom is -0.256 e. The lowest BCUT2D eigenvalue weighted by Gasteiger charge is -2.24. The standard InChI is InChI=1S/C21H16Cl2N2/c22-17-12-10-15(11-13-17)19-14-21(16-6-2-1-3-7-16)25(24-19)20-9-5-4-8-18(20)23/h1-13,21H,14H2/t21-/m1/s1. The summed E-state index contributed by atoms with van der Waals surface area (Å²) in [5, 5.41) is 8.35. The molecule has 124 valence electrons. The van der Waals surface area contributed by atoms with Crippen LogP contribution in [0.4, 0.5) is 5.69 Å². The molecule has 0 aliphatic carbocycles. The second kappa shape index (κ2) is 6.91. The van der Waals surface area contributed by atoms with Crippen LogP contribution in [0.15, 0.2) is 84.0 Å². The fourth-order valence-corrected chi connectivity index (χ4v) is 3.47. The summed E-state index contributed by atoms with van der Waals surface area (Å²) < 4.78 is 0. The van der Waals surface area contributed by atoms with Crippen molar-refractivity contribution < 1.29 is 0 Å². The molecule has 3 aromatic carbocycles. The zero-order valence-corrected chi connectivity index (χ0v) is 15.0. The summed E-state index contributed by atoms with van der Waals surface area (Å²) in [5.41, 5.74) is 4.25. The molecule has 0 N–H and O–H groups in total. The Morgan fingerprint density at radius 2 is 1.48 bits per heavy atom. The maximum Gasteiger partial charge on any atom is 0.0832 e. The summed E-state index contributed by atoms with van der Waals surface area (Å²) in [6.07, 6.45) is 0.816. The Morgan fingerprint density at radius 3 is 2.20 bits per heavy atom. The number of hydrogen-bond acceptors (Lipinski definition) is 2. The molecule has 0 fully saturated rings. The van der Waals surface area contributed by atoms with Gasteiger partial charge in [-0.15, -0.1) is 0 Å². The van der Waals surface area contributed by atoms with Crippen LogP contribution < -0.4 is 5.01 Å². The van der Waals surface area contributed by atoms with Gasteiger partial charge in [0.2, 0.25) is 0 Å². The van der Waals surface area contributed by atoms with E-state index in [1.165, 1.54) is 5.56 Å². The van der Waals surface area contributed by atoms with E-state index in [0.29, 0.717) is 5.02 Å². The van der Waals surface area contributed by atoms with Gasteiger partial charge in [-0.3, -0.25) is 5.01 Å². The molecular formula is C21H16Cl2N2. The summed E-state index contributed by atoms with van der Waals surface area (Å²) in [5.74, 6) is 0. The number of benzene rings is 3. The fraction of sp³-hybridized carbons (Fsp3) is 0.0952. The van der Waals surface area contributed by atoms with Crippen LogP contribution in [-0.4, -0.2) is 5.71 Å². The van der Waals surface area contributed by atoms with Gasteiger partial charge in [0, 0.05) is 11.4 Å². The van der Waals surface area contributed by atoms with Crippen LogP contribution in [0.25, 0.3) is 0 Å². The quantitative estimate of drug-likeness (QED) is 0.527. The van der Waals surface area contributed by atoms with Crippen LogP contribution in [-0.2, 0) is 0 Å². The Bertz CT molecular complexity index is 905. The first-order chi connectivity index (χ1) is 12.2. The van der Waals surface area contributed by atoms with Gasteiger partial charge in [-0.1, -0.05) is 77.8 Å². The van der Waals surface area contributed by atoms with Crippen molar-refractivity contribution in [1.82, 2.24) is 0 Å². The Balaban J connectivity index is 1.77. The summed E-state index contributed by atoms with van der Waals surface area (Å²) in [6.45, 7) is 0. The summed E-state index contributed by atoms with van der Waals surface area (Å²) in [7, 11) is 0. The molecule has 0 amide bonds. The molecule has 1 aliphatic heterocycles. The second-order valence-corrected chi connectivity index (χ2v) is 6.82. The molecule has 0 bridgehead atoms. The highest BCUT2D eigenvalue weighted by Crippen LogP contribution is 2.39. The summed E-state index contributed by atoms with van der Waals surface area (Å²) in [6, 6.07) is 26.2. The summed E-state index contributed by atoms with van der Waals surface area (Å²) in [4.78, 5) is 0. The normalized spacial score (nSPS) is 16.8. The molecule has 0 spiro atoms.